The summed E-state index contributed by atoms with van der Waals surface area (Å²) in [6.45, 7) is 3.82. The summed E-state index contributed by atoms with van der Waals surface area (Å²) in [6, 6.07) is 8.31. The zero-order valence-electron chi connectivity index (χ0n) is 16.3. The first-order valence-corrected chi connectivity index (χ1v) is 9.91. The van der Waals surface area contributed by atoms with Gasteiger partial charge in [-0.3, -0.25) is 9.48 Å². The number of benzene rings is 1. The van der Waals surface area contributed by atoms with Crippen molar-refractivity contribution in [3.05, 3.63) is 47.8 Å². The second-order valence-corrected chi connectivity index (χ2v) is 7.97. The minimum absolute atomic E-state index is 0.188. The lowest BCUT2D eigenvalue weighted by molar-refractivity contribution is 0.0254. The quantitative estimate of drug-likeness (QED) is 0.902. The van der Waals surface area contributed by atoms with E-state index in [0.717, 1.165) is 55.8 Å². The number of aromatic nitrogens is 2. The van der Waals surface area contributed by atoms with Crippen molar-refractivity contribution in [3.8, 4) is 0 Å². The highest BCUT2D eigenvalue weighted by Gasteiger charge is 2.37. The minimum Gasteiger partial charge on any atom is -0.381 e. The van der Waals surface area contributed by atoms with Crippen molar-refractivity contribution in [1.82, 2.24) is 19.6 Å². The van der Waals surface area contributed by atoms with Crippen molar-refractivity contribution in [1.29, 1.82) is 0 Å². The molecule has 2 fully saturated rings. The van der Waals surface area contributed by atoms with E-state index in [1.807, 2.05) is 43.7 Å². The number of carbonyl (C=O) groups excluding carboxylic acids is 1. The van der Waals surface area contributed by atoms with Crippen LogP contribution in [0.1, 0.15) is 35.2 Å². The molecule has 0 spiro atoms. The molecule has 2 aromatic rings. The van der Waals surface area contributed by atoms with Crippen LogP contribution in [0.3, 0.4) is 0 Å². The summed E-state index contributed by atoms with van der Waals surface area (Å²) < 4.78 is 1.80. The maximum atomic E-state index is 13.1. The Labute approximate surface area is 161 Å². The van der Waals surface area contributed by atoms with E-state index in [0.29, 0.717) is 12.0 Å². The first kappa shape index (κ1) is 18.0. The maximum Gasteiger partial charge on any atom is 0.254 e. The van der Waals surface area contributed by atoms with E-state index in [4.69, 9.17) is 0 Å². The molecule has 2 unspecified atom stereocenters. The summed E-state index contributed by atoms with van der Waals surface area (Å²) in [5, 5.41) is 7.57. The Morgan fingerprint density at radius 1 is 1.19 bits per heavy atom. The van der Waals surface area contributed by atoms with Crippen LogP contribution in [0.2, 0.25) is 0 Å². The smallest absolute Gasteiger partial charge is 0.254 e. The Morgan fingerprint density at radius 3 is 2.74 bits per heavy atom. The average molecular weight is 367 g/mol. The van der Waals surface area contributed by atoms with Crippen LogP contribution in [0.15, 0.2) is 36.7 Å². The van der Waals surface area contributed by atoms with Gasteiger partial charge in [-0.05, 0) is 63.0 Å². The fraction of sp³-hybridized carbons (Fsp3) is 0.524. The number of aryl methyl sites for hydroxylation is 1. The molecule has 2 atom stereocenters. The summed E-state index contributed by atoms with van der Waals surface area (Å²) >= 11 is 0. The molecule has 6 nitrogen and oxygen atoms in total. The molecule has 2 aliphatic heterocycles. The second-order valence-electron chi connectivity index (χ2n) is 7.97. The fourth-order valence-corrected chi connectivity index (χ4v) is 4.50. The molecule has 2 saturated heterocycles. The molecule has 2 aliphatic rings. The molecule has 6 heteroatoms. The van der Waals surface area contributed by atoms with Crippen molar-refractivity contribution in [2.24, 2.45) is 13.0 Å². The number of carbonyl (C=O) groups is 1. The van der Waals surface area contributed by atoms with Gasteiger partial charge in [0, 0.05) is 55.7 Å². The average Bonchev–Trinajstić information content (AvgIpc) is 3.11. The van der Waals surface area contributed by atoms with Gasteiger partial charge in [0.05, 0.1) is 6.20 Å². The Bertz CT molecular complexity index is 784. The van der Waals surface area contributed by atoms with Crippen LogP contribution in [-0.4, -0.2) is 58.2 Å². The van der Waals surface area contributed by atoms with Crippen LogP contribution in [0.25, 0.3) is 0 Å². The molecule has 3 heterocycles. The molecule has 0 aliphatic carbocycles. The van der Waals surface area contributed by atoms with E-state index < -0.39 is 0 Å². The zero-order chi connectivity index (χ0) is 18.8. The van der Waals surface area contributed by atoms with E-state index >= 15 is 0 Å². The van der Waals surface area contributed by atoms with Gasteiger partial charge in [0.15, 0.2) is 0 Å². The summed E-state index contributed by atoms with van der Waals surface area (Å²) in [6.07, 6.45) is 7.32. The van der Waals surface area contributed by atoms with Gasteiger partial charge in [-0.15, -0.1) is 0 Å². The van der Waals surface area contributed by atoms with Gasteiger partial charge in [-0.2, -0.15) is 5.10 Å². The number of fused-ring (bicyclic) bond motifs is 1. The predicted molar refractivity (Wildman–Crippen MR) is 107 cm³/mol. The van der Waals surface area contributed by atoms with Crippen LogP contribution in [-0.2, 0) is 13.6 Å². The summed E-state index contributed by atoms with van der Waals surface area (Å²) in [5.74, 6) is 0.815. The molecule has 1 N–H and O–H groups in total. The number of hydrogen-bond donors (Lipinski definition) is 1. The largest absolute Gasteiger partial charge is 0.381 e. The summed E-state index contributed by atoms with van der Waals surface area (Å²) in [7, 11) is 4.10. The number of likely N-dealkylation sites (tertiary alicyclic amines) is 2. The maximum absolute atomic E-state index is 13.1. The molecular formula is C21H29N5O. The third kappa shape index (κ3) is 4.00. The van der Waals surface area contributed by atoms with Gasteiger partial charge >= 0.3 is 0 Å². The van der Waals surface area contributed by atoms with E-state index in [9.17, 15) is 4.79 Å². The Balaban J connectivity index is 1.39. The van der Waals surface area contributed by atoms with Gasteiger partial charge in [0.1, 0.15) is 0 Å². The molecule has 144 valence electrons. The molecule has 0 radical (unpaired) electrons. The number of piperidine rings is 2. The van der Waals surface area contributed by atoms with E-state index in [1.165, 1.54) is 6.42 Å². The van der Waals surface area contributed by atoms with Gasteiger partial charge in [-0.25, -0.2) is 0 Å². The van der Waals surface area contributed by atoms with Gasteiger partial charge in [-0.1, -0.05) is 0 Å². The zero-order valence-corrected chi connectivity index (χ0v) is 16.3. The van der Waals surface area contributed by atoms with Gasteiger partial charge < -0.3 is 15.1 Å². The minimum atomic E-state index is 0.188. The van der Waals surface area contributed by atoms with Crippen LogP contribution in [0, 0.1) is 5.92 Å². The Kier molecular flexibility index (Phi) is 5.16. The fourth-order valence-electron chi connectivity index (χ4n) is 4.50. The van der Waals surface area contributed by atoms with Crippen molar-refractivity contribution >= 4 is 11.6 Å². The molecule has 1 aromatic carbocycles. The molecule has 27 heavy (non-hydrogen) atoms. The summed E-state index contributed by atoms with van der Waals surface area (Å²) in [4.78, 5) is 17.6. The molecule has 1 amide bonds. The number of anilines is 1. The summed E-state index contributed by atoms with van der Waals surface area (Å²) in [5.41, 5.74) is 2.95. The van der Waals surface area contributed by atoms with E-state index in [2.05, 4.69) is 27.3 Å². The van der Waals surface area contributed by atoms with Crippen LogP contribution in [0.5, 0.6) is 0 Å². The molecular weight excluding hydrogens is 338 g/mol. The van der Waals surface area contributed by atoms with Crippen LogP contribution < -0.4 is 5.32 Å². The van der Waals surface area contributed by atoms with Gasteiger partial charge in [0.25, 0.3) is 5.91 Å². The van der Waals surface area contributed by atoms with Crippen LogP contribution >= 0.6 is 0 Å². The molecule has 4 rings (SSSR count). The Morgan fingerprint density at radius 2 is 2.00 bits per heavy atom. The molecule has 1 aromatic heterocycles. The first-order valence-electron chi connectivity index (χ1n) is 9.91. The molecule has 0 bridgehead atoms. The normalized spacial score (nSPS) is 23.1. The number of nitrogens with one attached hydrogen (secondary N) is 1. The lowest BCUT2D eigenvalue weighted by Crippen LogP contribution is -2.55. The van der Waals surface area contributed by atoms with Crippen molar-refractivity contribution in [2.75, 3.05) is 32.0 Å². The van der Waals surface area contributed by atoms with Crippen molar-refractivity contribution in [3.63, 3.8) is 0 Å². The highest BCUT2D eigenvalue weighted by atomic mass is 16.2. The lowest BCUT2D eigenvalue weighted by atomic mass is 9.83. The number of nitrogens with zero attached hydrogens (tertiary/aromatic N) is 4. The van der Waals surface area contributed by atoms with E-state index in [1.54, 1.807) is 4.68 Å². The Hall–Kier alpha value is -2.34. The second kappa shape index (κ2) is 7.72. The van der Waals surface area contributed by atoms with Crippen molar-refractivity contribution < 1.29 is 4.79 Å². The number of amides is 1. The SMILES string of the molecule is CN1CCC2C(CCCN2C(=O)c2ccc(NCc3cnn(C)c3)cc2)C1. The van der Waals surface area contributed by atoms with Crippen LogP contribution in [0.4, 0.5) is 5.69 Å². The third-order valence-corrected chi connectivity index (χ3v) is 5.92. The standard InChI is InChI=1S/C21H29N5O/c1-24-11-9-20-18(15-24)4-3-10-26(20)21(27)17-5-7-19(8-6-17)22-12-16-13-23-25(2)14-16/h5-8,13-14,18,20,22H,3-4,9-12,15H2,1-2H3. The first-order chi connectivity index (χ1) is 13.1. The number of rotatable bonds is 4. The van der Waals surface area contributed by atoms with E-state index in [-0.39, 0.29) is 5.91 Å². The highest BCUT2D eigenvalue weighted by molar-refractivity contribution is 5.94. The van der Waals surface area contributed by atoms with Gasteiger partial charge in [0.2, 0.25) is 0 Å². The topological polar surface area (TPSA) is 53.4 Å². The third-order valence-electron chi connectivity index (χ3n) is 5.92. The lowest BCUT2D eigenvalue weighted by Gasteiger charge is -2.46. The monoisotopic (exact) mass is 367 g/mol. The van der Waals surface area contributed by atoms with Crippen molar-refractivity contribution in [2.45, 2.75) is 31.8 Å². The highest BCUT2D eigenvalue weighted by Crippen LogP contribution is 2.31. The predicted octanol–water partition coefficient (Wildman–Crippen LogP) is 2.59. The number of hydrogen-bond acceptors (Lipinski definition) is 4. The molecule has 0 saturated carbocycles.